The van der Waals surface area contributed by atoms with E-state index in [1.807, 2.05) is 0 Å². The van der Waals surface area contributed by atoms with Crippen LogP contribution < -0.4 is 15.4 Å². The molecule has 48 heavy (non-hydrogen) atoms. The van der Waals surface area contributed by atoms with Crippen molar-refractivity contribution < 1.29 is 59.4 Å². The maximum atomic E-state index is 15.0. The zero-order valence-corrected chi connectivity index (χ0v) is 25.3. The monoisotopic (exact) mass is 701 g/mol. The minimum atomic E-state index is -5.11. The zero-order valence-electron chi connectivity index (χ0n) is 24.5. The molecule has 0 bridgehead atoms. The number of alkyl halides is 6. The SMILES string of the molecule is COc1cc(F)c(C(=O)N2CCC(O)CC2)cc1C(=O)Nc1c(C(=O)Nc2ccc(F)c(C(F)(F)F)c2)sc2cc(C(F)(F)F)ccc12. The van der Waals surface area contributed by atoms with Crippen LogP contribution in [0.2, 0.25) is 0 Å². The van der Waals surface area contributed by atoms with E-state index in [1.54, 1.807) is 0 Å². The number of benzene rings is 3. The molecule has 1 saturated heterocycles. The van der Waals surface area contributed by atoms with E-state index in [9.17, 15) is 50.2 Å². The number of anilines is 2. The van der Waals surface area contributed by atoms with Gasteiger partial charge in [0.15, 0.2) is 0 Å². The van der Waals surface area contributed by atoms with Crippen LogP contribution in [-0.4, -0.2) is 54.0 Å². The Bertz CT molecular complexity index is 1920. The number of piperidine rings is 1. The van der Waals surface area contributed by atoms with Gasteiger partial charge in [-0.05, 0) is 49.2 Å². The van der Waals surface area contributed by atoms with Crippen molar-refractivity contribution >= 4 is 50.5 Å². The number of hydrogen-bond donors (Lipinski definition) is 3. The largest absolute Gasteiger partial charge is 0.496 e. The number of carbonyl (C=O) groups excluding carboxylic acids is 3. The van der Waals surface area contributed by atoms with E-state index in [4.69, 9.17) is 4.74 Å². The number of hydrogen-bond acceptors (Lipinski definition) is 6. The summed E-state index contributed by atoms with van der Waals surface area (Å²) in [5, 5.41) is 14.2. The number of ether oxygens (including phenoxy) is 1. The van der Waals surface area contributed by atoms with E-state index in [-0.39, 0.29) is 47.5 Å². The number of aliphatic hydroxyl groups is 1. The molecule has 4 aromatic rings. The topological polar surface area (TPSA) is 108 Å². The normalized spacial score (nSPS) is 14.2. The Morgan fingerprint density at radius 3 is 2.17 bits per heavy atom. The summed E-state index contributed by atoms with van der Waals surface area (Å²) < 4.78 is 114. The summed E-state index contributed by atoms with van der Waals surface area (Å²) in [7, 11) is 1.11. The number of rotatable bonds is 6. The summed E-state index contributed by atoms with van der Waals surface area (Å²) in [6, 6.07) is 5.68. The van der Waals surface area contributed by atoms with Gasteiger partial charge in [0.25, 0.3) is 17.7 Å². The molecule has 8 nitrogen and oxygen atoms in total. The second-order valence-corrected chi connectivity index (χ2v) is 11.7. The molecule has 0 saturated carbocycles. The maximum Gasteiger partial charge on any atom is 0.419 e. The number of thiophene rings is 1. The number of nitrogens with one attached hydrogen (secondary N) is 2. The van der Waals surface area contributed by atoms with Crippen LogP contribution in [0.1, 0.15) is 54.4 Å². The fourth-order valence-corrected chi connectivity index (χ4v) is 6.14. The van der Waals surface area contributed by atoms with Gasteiger partial charge in [0.2, 0.25) is 0 Å². The Hall–Kier alpha value is -4.77. The van der Waals surface area contributed by atoms with Crippen molar-refractivity contribution in [2.24, 2.45) is 0 Å². The Balaban J connectivity index is 1.55. The van der Waals surface area contributed by atoms with Crippen LogP contribution in [0.25, 0.3) is 10.1 Å². The van der Waals surface area contributed by atoms with Crippen molar-refractivity contribution in [3.8, 4) is 5.75 Å². The van der Waals surface area contributed by atoms with Gasteiger partial charge in [-0.1, -0.05) is 6.07 Å². The minimum Gasteiger partial charge on any atom is -0.496 e. The fourth-order valence-electron chi connectivity index (χ4n) is 5.05. The number of carbonyl (C=O) groups is 3. The van der Waals surface area contributed by atoms with Crippen molar-refractivity contribution in [2.75, 3.05) is 30.8 Å². The maximum absolute atomic E-state index is 15.0. The third-order valence-electron chi connectivity index (χ3n) is 7.51. The molecule has 1 aliphatic rings. The first kappa shape index (κ1) is 34.6. The predicted molar refractivity (Wildman–Crippen MR) is 158 cm³/mol. The van der Waals surface area contributed by atoms with Gasteiger partial charge in [-0.2, -0.15) is 26.3 Å². The van der Waals surface area contributed by atoms with Crippen LogP contribution in [0.3, 0.4) is 0 Å². The lowest BCUT2D eigenvalue weighted by molar-refractivity contribution is -0.140. The van der Waals surface area contributed by atoms with E-state index in [2.05, 4.69) is 10.6 Å². The first-order valence-corrected chi connectivity index (χ1v) is 14.8. The molecule has 0 radical (unpaired) electrons. The highest BCUT2D eigenvalue weighted by Crippen LogP contribution is 2.41. The molecule has 5 rings (SSSR count). The van der Waals surface area contributed by atoms with Gasteiger partial charge in [-0.3, -0.25) is 14.4 Å². The summed E-state index contributed by atoms with van der Waals surface area (Å²) in [5.41, 5.74) is -4.55. The van der Waals surface area contributed by atoms with Gasteiger partial charge < -0.3 is 25.4 Å². The van der Waals surface area contributed by atoms with E-state index >= 15 is 4.39 Å². The Morgan fingerprint density at radius 1 is 0.854 bits per heavy atom. The molecule has 0 aliphatic carbocycles. The van der Waals surface area contributed by atoms with E-state index in [0.717, 1.165) is 31.4 Å². The predicted octanol–water partition coefficient (Wildman–Crippen LogP) is 7.33. The molecule has 0 spiro atoms. The van der Waals surface area contributed by atoms with Crippen molar-refractivity contribution in [1.82, 2.24) is 4.90 Å². The summed E-state index contributed by atoms with van der Waals surface area (Å²) in [6.45, 7) is 0.232. The average Bonchev–Trinajstić information content (AvgIpc) is 3.38. The van der Waals surface area contributed by atoms with Gasteiger partial charge in [-0.15, -0.1) is 11.3 Å². The van der Waals surface area contributed by atoms with Gasteiger partial charge in [0, 0.05) is 34.9 Å². The lowest BCUT2D eigenvalue weighted by Crippen LogP contribution is -2.40. The van der Waals surface area contributed by atoms with Crippen molar-refractivity contribution in [3.63, 3.8) is 0 Å². The fraction of sp³-hybridized carbons (Fsp3) is 0.258. The highest BCUT2D eigenvalue weighted by atomic mass is 32.1. The van der Waals surface area contributed by atoms with E-state index < -0.39 is 80.6 Å². The third kappa shape index (κ3) is 7.06. The number of aliphatic hydroxyl groups excluding tert-OH is 1. The van der Waals surface area contributed by atoms with Crippen LogP contribution in [0.4, 0.5) is 46.5 Å². The Labute approximate surface area is 269 Å². The molecule has 1 aromatic heterocycles. The van der Waals surface area contributed by atoms with Gasteiger partial charge in [0.1, 0.15) is 22.3 Å². The average molecular weight is 702 g/mol. The minimum absolute atomic E-state index is 0.0640. The summed E-state index contributed by atoms with van der Waals surface area (Å²) in [4.78, 5) is 41.0. The number of nitrogens with zero attached hydrogens (tertiary/aromatic N) is 1. The molecule has 0 atom stereocenters. The zero-order chi connectivity index (χ0) is 35.1. The number of amides is 3. The molecule has 0 unspecified atom stereocenters. The lowest BCUT2D eigenvalue weighted by atomic mass is 10.0. The van der Waals surface area contributed by atoms with Crippen LogP contribution >= 0.6 is 11.3 Å². The summed E-state index contributed by atoms with van der Waals surface area (Å²) >= 11 is 0.475. The molecule has 3 aromatic carbocycles. The van der Waals surface area contributed by atoms with Crippen molar-refractivity contribution in [3.05, 3.63) is 87.3 Å². The molecular formula is C31H23F8N3O5S. The smallest absolute Gasteiger partial charge is 0.419 e. The molecule has 1 fully saturated rings. The van der Waals surface area contributed by atoms with Gasteiger partial charge >= 0.3 is 12.4 Å². The van der Waals surface area contributed by atoms with E-state index in [1.165, 1.54) is 4.90 Å². The second kappa shape index (κ2) is 13.0. The molecule has 254 valence electrons. The van der Waals surface area contributed by atoms with Crippen molar-refractivity contribution in [1.29, 1.82) is 0 Å². The highest BCUT2D eigenvalue weighted by Gasteiger charge is 2.35. The Morgan fingerprint density at radius 2 is 1.54 bits per heavy atom. The lowest BCUT2D eigenvalue weighted by Gasteiger charge is -2.29. The third-order valence-corrected chi connectivity index (χ3v) is 8.66. The number of likely N-dealkylation sites (tertiary alicyclic amines) is 1. The number of fused-ring (bicyclic) bond motifs is 1. The Kier molecular flexibility index (Phi) is 9.38. The van der Waals surface area contributed by atoms with E-state index in [0.29, 0.717) is 35.6 Å². The second-order valence-electron chi connectivity index (χ2n) is 10.7. The number of halogens is 8. The first-order valence-electron chi connectivity index (χ1n) is 14.0. The molecular weight excluding hydrogens is 678 g/mol. The number of methoxy groups -OCH3 is 1. The molecule has 3 amide bonds. The van der Waals surface area contributed by atoms with Crippen LogP contribution in [0.15, 0.2) is 48.5 Å². The molecule has 17 heteroatoms. The summed E-state index contributed by atoms with van der Waals surface area (Å²) in [6.07, 6.45) is -10.0. The van der Waals surface area contributed by atoms with Gasteiger partial charge in [0.05, 0.1) is 41.2 Å². The molecule has 2 heterocycles. The van der Waals surface area contributed by atoms with Crippen LogP contribution in [0.5, 0.6) is 5.75 Å². The molecule has 1 aliphatic heterocycles. The van der Waals surface area contributed by atoms with Crippen LogP contribution in [-0.2, 0) is 12.4 Å². The van der Waals surface area contributed by atoms with Gasteiger partial charge in [-0.25, -0.2) is 8.78 Å². The van der Waals surface area contributed by atoms with Crippen molar-refractivity contribution in [2.45, 2.75) is 31.3 Å². The first-order chi connectivity index (χ1) is 22.5. The quantitative estimate of drug-likeness (QED) is 0.183. The highest BCUT2D eigenvalue weighted by molar-refractivity contribution is 7.21. The standard InChI is InChI=1S/C31H23F8N3O5S/c1-47-23-13-22(33)18(29(46)42-8-6-16(43)7-9-42)12-19(23)27(44)41-25-17-4-2-14(30(34,35)36)10-24(17)48-26(25)28(45)40-15-3-5-21(32)20(11-15)31(37,38)39/h2-5,10-13,16,43H,6-9H2,1H3,(H,40,45)(H,41,44). The van der Waals surface area contributed by atoms with Crippen LogP contribution in [0, 0.1) is 11.6 Å². The molecule has 3 N–H and O–H groups in total. The summed E-state index contributed by atoms with van der Waals surface area (Å²) in [5.74, 6) is -6.00.